The van der Waals surface area contributed by atoms with Gasteiger partial charge in [0.25, 0.3) is 0 Å². The Hall–Kier alpha value is -0.750. The van der Waals surface area contributed by atoms with E-state index >= 15 is 0 Å². The molecule has 0 N–H and O–H groups in total. The van der Waals surface area contributed by atoms with Gasteiger partial charge in [0.05, 0.1) is 0 Å². The fourth-order valence-electron chi connectivity index (χ4n) is 2.03. The van der Waals surface area contributed by atoms with Crippen LogP contribution in [0.2, 0.25) is 0 Å². The van der Waals surface area contributed by atoms with E-state index in [9.17, 15) is 18.7 Å². The van der Waals surface area contributed by atoms with Crippen LogP contribution in [0.3, 0.4) is 0 Å². The van der Waals surface area contributed by atoms with E-state index in [4.69, 9.17) is 4.74 Å². The Kier molecular flexibility index (Phi) is 4.21. The van der Waals surface area contributed by atoms with Gasteiger partial charge >= 0.3 is 5.92 Å². The number of hydrogen-bond acceptors (Lipinski definition) is 4. The van der Waals surface area contributed by atoms with Crippen LogP contribution in [0.1, 0.15) is 32.1 Å². The van der Waals surface area contributed by atoms with Crippen molar-refractivity contribution in [1.29, 1.82) is 0 Å². The highest BCUT2D eigenvalue weighted by molar-refractivity contribution is 5.75. The average molecular weight is 237 g/mol. The molecule has 0 aromatic carbocycles. The molecule has 0 radical (unpaired) electrons. The number of carboxylic acid groups (broad SMARTS) is 1. The zero-order valence-electron chi connectivity index (χ0n) is 9.13. The fraction of sp³-hybridized carbons (Fsp3) is 0.900. The van der Waals surface area contributed by atoms with Crippen LogP contribution < -0.4 is 5.11 Å². The van der Waals surface area contributed by atoms with E-state index in [2.05, 4.69) is 4.74 Å². The van der Waals surface area contributed by atoms with Gasteiger partial charge in [-0.25, -0.2) is 0 Å². The topological polar surface area (TPSA) is 58.6 Å². The lowest BCUT2D eigenvalue weighted by Crippen LogP contribution is -2.60. The third kappa shape index (κ3) is 2.32. The van der Waals surface area contributed by atoms with Gasteiger partial charge in [0.1, 0.15) is 18.4 Å². The molecule has 94 valence electrons. The van der Waals surface area contributed by atoms with Crippen LogP contribution in [0.15, 0.2) is 0 Å². The van der Waals surface area contributed by atoms with Gasteiger partial charge in [0.2, 0.25) is 0 Å². The van der Waals surface area contributed by atoms with Crippen molar-refractivity contribution in [3.8, 4) is 0 Å². The SMILES string of the molecule is COCOC1(C(F)(F)C(=O)[O-])CCCCC1. The number of methoxy groups -OCH3 is 1. The molecule has 1 rings (SSSR count). The van der Waals surface area contributed by atoms with Crippen LogP contribution >= 0.6 is 0 Å². The van der Waals surface area contributed by atoms with Crippen LogP contribution in [0, 0.1) is 0 Å². The highest BCUT2D eigenvalue weighted by Crippen LogP contribution is 2.43. The van der Waals surface area contributed by atoms with Crippen molar-refractivity contribution in [3.63, 3.8) is 0 Å². The van der Waals surface area contributed by atoms with E-state index in [1.54, 1.807) is 0 Å². The predicted molar refractivity (Wildman–Crippen MR) is 48.7 cm³/mol. The van der Waals surface area contributed by atoms with Crippen molar-refractivity contribution in [2.75, 3.05) is 13.9 Å². The van der Waals surface area contributed by atoms with Gasteiger partial charge in [0, 0.05) is 7.11 Å². The molecule has 0 heterocycles. The van der Waals surface area contributed by atoms with Crippen molar-refractivity contribution in [2.24, 2.45) is 0 Å². The monoisotopic (exact) mass is 237 g/mol. The Balaban J connectivity index is 2.88. The number of ether oxygens (including phenoxy) is 2. The van der Waals surface area contributed by atoms with Crippen LogP contribution in [-0.2, 0) is 14.3 Å². The number of carboxylic acids is 1. The van der Waals surface area contributed by atoms with Gasteiger partial charge in [-0.1, -0.05) is 19.3 Å². The summed E-state index contributed by atoms with van der Waals surface area (Å²) in [6.45, 7) is -0.344. The van der Waals surface area contributed by atoms with Gasteiger partial charge in [-0.3, -0.25) is 0 Å². The molecule has 16 heavy (non-hydrogen) atoms. The lowest BCUT2D eigenvalue weighted by atomic mass is 9.80. The minimum atomic E-state index is -3.98. The Bertz CT molecular complexity index is 249. The Labute approximate surface area is 92.5 Å². The summed E-state index contributed by atoms with van der Waals surface area (Å²) in [4.78, 5) is 10.5. The summed E-state index contributed by atoms with van der Waals surface area (Å²) in [6, 6.07) is 0. The summed E-state index contributed by atoms with van der Waals surface area (Å²) in [5.41, 5.74) is -1.97. The molecule has 0 bridgehead atoms. The maximum atomic E-state index is 13.6. The number of aliphatic carboxylic acids is 1. The largest absolute Gasteiger partial charge is 0.544 e. The van der Waals surface area contributed by atoms with E-state index in [-0.39, 0.29) is 19.6 Å². The molecule has 0 saturated heterocycles. The highest BCUT2D eigenvalue weighted by Gasteiger charge is 2.56. The van der Waals surface area contributed by atoms with Crippen LogP contribution in [0.5, 0.6) is 0 Å². The molecule has 1 saturated carbocycles. The molecule has 1 aliphatic carbocycles. The number of carbonyl (C=O) groups is 1. The van der Waals surface area contributed by atoms with Gasteiger partial charge in [-0.2, -0.15) is 8.78 Å². The maximum absolute atomic E-state index is 13.6. The van der Waals surface area contributed by atoms with Crippen LogP contribution in [0.25, 0.3) is 0 Å². The van der Waals surface area contributed by atoms with Crippen LogP contribution in [0.4, 0.5) is 8.78 Å². The number of halogens is 2. The zero-order chi connectivity index (χ0) is 12.2. The third-order valence-electron chi connectivity index (χ3n) is 2.94. The number of rotatable bonds is 5. The van der Waals surface area contributed by atoms with Crippen molar-refractivity contribution in [3.05, 3.63) is 0 Å². The van der Waals surface area contributed by atoms with Gasteiger partial charge in [-0.15, -0.1) is 0 Å². The van der Waals surface area contributed by atoms with Gasteiger partial charge in [-0.05, 0) is 12.8 Å². The standard InChI is InChI=1S/C10H16F2O4/c1-15-7-16-9(5-3-2-4-6-9)10(11,12)8(13)14/h2-7H2,1H3,(H,13,14)/p-1. The summed E-state index contributed by atoms with van der Waals surface area (Å²) in [7, 11) is 1.30. The highest BCUT2D eigenvalue weighted by atomic mass is 19.3. The number of alkyl halides is 2. The molecule has 0 aromatic rings. The molecule has 1 aliphatic rings. The molecule has 6 heteroatoms. The molecule has 4 nitrogen and oxygen atoms in total. The third-order valence-corrected chi connectivity index (χ3v) is 2.94. The molecule has 1 fully saturated rings. The van der Waals surface area contributed by atoms with Crippen molar-refractivity contribution < 1.29 is 28.2 Å². The average Bonchev–Trinajstić information content (AvgIpc) is 2.27. The molecular weight excluding hydrogens is 222 g/mol. The summed E-state index contributed by atoms with van der Waals surface area (Å²) >= 11 is 0. The predicted octanol–water partition coefficient (Wildman–Crippen LogP) is 0.695. The minimum absolute atomic E-state index is 0.0112. The fourth-order valence-corrected chi connectivity index (χ4v) is 2.03. The number of carbonyl (C=O) groups excluding carboxylic acids is 1. The first-order valence-corrected chi connectivity index (χ1v) is 5.18. The molecule has 0 aliphatic heterocycles. The molecule has 0 atom stereocenters. The van der Waals surface area contributed by atoms with E-state index < -0.39 is 17.5 Å². The maximum Gasteiger partial charge on any atom is 0.315 e. The quantitative estimate of drug-likeness (QED) is 0.660. The second-order valence-corrected chi connectivity index (χ2v) is 3.97. The van der Waals surface area contributed by atoms with Gasteiger partial charge in [0.15, 0.2) is 0 Å². The first-order chi connectivity index (χ1) is 7.46. The van der Waals surface area contributed by atoms with E-state index in [0.717, 1.165) is 6.42 Å². The first-order valence-electron chi connectivity index (χ1n) is 5.18. The van der Waals surface area contributed by atoms with Gasteiger partial charge < -0.3 is 19.4 Å². The second-order valence-electron chi connectivity index (χ2n) is 3.97. The minimum Gasteiger partial charge on any atom is -0.544 e. The molecule has 0 amide bonds. The summed E-state index contributed by atoms with van der Waals surface area (Å²) in [5, 5.41) is 10.5. The molecule has 0 spiro atoms. The zero-order valence-corrected chi connectivity index (χ0v) is 9.13. The van der Waals surface area contributed by atoms with E-state index in [1.165, 1.54) is 7.11 Å². The van der Waals surface area contributed by atoms with Crippen molar-refractivity contribution in [2.45, 2.75) is 43.6 Å². The normalized spacial score (nSPS) is 20.7. The van der Waals surface area contributed by atoms with Crippen LogP contribution in [-0.4, -0.2) is 31.4 Å². The summed E-state index contributed by atoms with van der Waals surface area (Å²) in [6.07, 6.45) is 1.87. The summed E-state index contributed by atoms with van der Waals surface area (Å²) < 4.78 is 36.7. The Morgan fingerprint density at radius 3 is 2.38 bits per heavy atom. The lowest BCUT2D eigenvalue weighted by molar-refractivity contribution is -0.352. The smallest absolute Gasteiger partial charge is 0.315 e. The van der Waals surface area contributed by atoms with Crippen molar-refractivity contribution in [1.82, 2.24) is 0 Å². The molecule has 0 aromatic heterocycles. The second kappa shape index (κ2) is 5.05. The summed E-state index contributed by atoms with van der Waals surface area (Å²) in [5.74, 6) is -6.36. The Morgan fingerprint density at radius 2 is 1.94 bits per heavy atom. The van der Waals surface area contributed by atoms with E-state index in [0.29, 0.717) is 12.8 Å². The lowest BCUT2D eigenvalue weighted by Gasteiger charge is -2.42. The number of hydrogen-bond donors (Lipinski definition) is 0. The molecular formula is C10H15F2O4-. The van der Waals surface area contributed by atoms with Crippen molar-refractivity contribution >= 4 is 5.97 Å². The Morgan fingerprint density at radius 1 is 1.38 bits per heavy atom. The first kappa shape index (κ1) is 13.3. The van der Waals surface area contributed by atoms with E-state index in [1.807, 2.05) is 0 Å². The molecule has 0 unspecified atom stereocenters.